The third-order valence-corrected chi connectivity index (χ3v) is 4.29. The summed E-state index contributed by atoms with van der Waals surface area (Å²) < 4.78 is 27.3. The van der Waals surface area contributed by atoms with Gasteiger partial charge in [0.25, 0.3) is 0 Å². The van der Waals surface area contributed by atoms with Gasteiger partial charge in [-0.1, -0.05) is 12.8 Å². The number of ether oxygens (including phenoxy) is 1. The first-order chi connectivity index (χ1) is 11.0. The van der Waals surface area contributed by atoms with Crippen molar-refractivity contribution in [2.24, 2.45) is 0 Å². The normalized spacial score (nSPS) is 10.8. The number of fused-ring (bicyclic) bond motifs is 1. The smallest absolute Gasteiger partial charge is 0.342 e. The number of carbonyl (C=O) groups excluding carboxylic acids is 1. The first-order valence-electron chi connectivity index (χ1n) is 6.55. The number of methoxy groups -OCH3 is 1. The predicted octanol–water partition coefficient (Wildman–Crippen LogP) is 5.04. The molecule has 0 atom stereocenters. The van der Waals surface area contributed by atoms with Gasteiger partial charge in [0.05, 0.1) is 12.8 Å². The molecule has 7 heteroatoms. The molecule has 0 saturated heterocycles. The number of hydrogen-bond donors (Lipinski definition) is 2. The number of nitrogens with one attached hydrogen (secondary N) is 1. The minimum absolute atomic E-state index is 0.292. The summed E-state index contributed by atoms with van der Waals surface area (Å²) in [6.07, 6.45) is 0. The first-order valence-corrected chi connectivity index (χ1v) is 7.79. The fourth-order valence-electron chi connectivity index (χ4n) is 2.31. The number of carbonyl (C=O) groups is 1. The van der Waals surface area contributed by atoms with Crippen LogP contribution in [-0.2, 0) is 4.74 Å². The number of hydrogen-bond acceptors (Lipinski definition) is 5. The third kappa shape index (κ3) is 2.82. The molecule has 3 rings (SSSR count). The Hall–Kier alpha value is -1.99. The molecule has 0 aliphatic rings. The Morgan fingerprint density at radius 3 is 2.61 bits per heavy atom. The lowest BCUT2D eigenvalue weighted by atomic mass is 10.1. The molecule has 1 heterocycles. The van der Waals surface area contributed by atoms with Crippen LogP contribution in [-0.4, -0.2) is 13.1 Å². The summed E-state index contributed by atoms with van der Waals surface area (Å²) in [6.45, 7) is 0. The molecule has 0 saturated carbocycles. The van der Waals surface area contributed by atoms with Gasteiger partial charge in [-0.2, -0.15) is 0 Å². The van der Waals surface area contributed by atoms with E-state index in [0.717, 1.165) is 4.47 Å². The van der Waals surface area contributed by atoms with Crippen LogP contribution in [0.25, 0.3) is 22.3 Å². The molecule has 4 nitrogen and oxygen atoms in total. The Morgan fingerprint density at radius 1 is 1.30 bits per heavy atom. The fourth-order valence-corrected chi connectivity index (χ4v) is 3.09. The molecule has 23 heavy (non-hydrogen) atoms. The molecular formula is C16H11BrFNO3S. The molecule has 0 spiro atoms. The van der Waals surface area contributed by atoms with Crippen molar-refractivity contribution in [1.29, 1.82) is 0 Å². The van der Waals surface area contributed by atoms with Gasteiger partial charge in [-0.15, -0.1) is 0 Å². The van der Waals surface area contributed by atoms with Gasteiger partial charge in [0, 0.05) is 21.5 Å². The number of thiol groups is 1. The largest absolute Gasteiger partial charge is 0.465 e. The number of furan rings is 1. The summed E-state index contributed by atoms with van der Waals surface area (Å²) in [5, 5.41) is 0.593. The lowest BCUT2D eigenvalue weighted by Gasteiger charge is -2.03. The Bertz CT molecular complexity index is 892. The van der Waals surface area contributed by atoms with Crippen LogP contribution in [0.15, 0.2) is 45.3 Å². The molecule has 0 aliphatic carbocycles. The maximum absolute atomic E-state index is 13.1. The van der Waals surface area contributed by atoms with Gasteiger partial charge in [-0.3, -0.25) is 0 Å². The van der Waals surface area contributed by atoms with E-state index in [2.05, 4.69) is 33.5 Å². The van der Waals surface area contributed by atoms with Crippen LogP contribution in [0.5, 0.6) is 0 Å². The second-order valence-corrected chi connectivity index (χ2v) is 5.82. The average molecular weight is 396 g/mol. The summed E-state index contributed by atoms with van der Waals surface area (Å²) in [5.74, 6) is -0.564. The molecule has 1 N–H and O–H groups in total. The number of anilines is 1. The Balaban J connectivity index is 2.31. The highest BCUT2D eigenvalue weighted by atomic mass is 79.9. The van der Waals surface area contributed by atoms with E-state index < -0.39 is 5.97 Å². The zero-order valence-corrected chi connectivity index (χ0v) is 14.4. The van der Waals surface area contributed by atoms with Crippen LogP contribution in [0.1, 0.15) is 10.4 Å². The van der Waals surface area contributed by atoms with E-state index in [1.807, 2.05) is 0 Å². The highest BCUT2D eigenvalue weighted by Gasteiger charge is 2.23. The predicted molar refractivity (Wildman–Crippen MR) is 93.3 cm³/mol. The van der Waals surface area contributed by atoms with Gasteiger partial charge in [-0.25, -0.2) is 9.18 Å². The maximum Gasteiger partial charge on any atom is 0.342 e. The van der Waals surface area contributed by atoms with E-state index >= 15 is 0 Å². The van der Waals surface area contributed by atoms with E-state index in [9.17, 15) is 9.18 Å². The molecule has 0 fully saturated rings. The molecule has 0 radical (unpaired) electrons. The average Bonchev–Trinajstić information content (AvgIpc) is 2.92. The van der Waals surface area contributed by atoms with Crippen LogP contribution in [0, 0.1) is 5.82 Å². The number of benzene rings is 2. The van der Waals surface area contributed by atoms with E-state index in [4.69, 9.17) is 9.15 Å². The summed E-state index contributed by atoms with van der Waals surface area (Å²) in [4.78, 5) is 12.2. The monoisotopic (exact) mass is 395 g/mol. The topological polar surface area (TPSA) is 51.5 Å². The molecule has 1 aromatic heterocycles. The molecule has 2 aromatic carbocycles. The van der Waals surface area contributed by atoms with Gasteiger partial charge < -0.3 is 13.9 Å². The molecule has 0 amide bonds. The Morgan fingerprint density at radius 2 is 2.00 bits per heavy atom. The molecule has 3 aromatic rings. The second kappa shape index (κ2) is 6.25. The van der Waals surface area contributed by atoms with E-state index in [1.165, 1.54) is 19.2 Å². The van der Waals surface area contributed by atoms with E-state index in [-0.39, 0.29) is 5.82 Å². The minimum Gasteiger partial charge on any atom is -0.465 e. The highest BCUT2D eigenvalue weighted by molar-refractivity contribution is 9.10. The quantitative estimate of drug-likeness (QED) is 0.481. The van der Waals surface area contributed by atoms with Crippen molar-refractivity contribution in [3.63, 3.8) is 0 Å². The van der Waals surface area contributed by atoms with Gasteiger partial charge in [-0.05, 0) is 46.3 Å². The maximum atomic E-state index is 13.1. The van der Waals surface area contributed by atoms with Gasteiger partial charge in [0.15, 0.2) is 0 Å². The van der Waals surface area contributed by atoms with Crippen molar-refractivity contribution >= 4 is 51.4 Å². The fraction of sp³-hybridized carbons (Fsp3) is 0.0625. The van der Waals surface area contributed by atoms with E-state index in [0.29, 0.717) is 33.5 Å². The number of rotatable bonds is 3. The van der Waals surface area contributed by atoms with Crippen LogP contribution in [0.2, 0.25) is 0 Å². The van der Waals surface area contributed by atoms with Crippen molar-refractivity contribution in [2.45, 2.75) is 0 Å². The summed E-state index contributed by atoms with van der Waals surface area (Å²) in [7, 11) is 1.30. The Kier molecular flexibility index (Phi) is 4.32. The highest BCUT2D eigenvalue weighted by Crippen LogP contribution is 2.38. The molecule has 0 unspecified atom stereocenters. The first kappa shape index (κ1) is 15.9. The number of esters is 1. The van der Waals surface area contributed by atoms with Crippen LogP contribution in [0.3, 0.4) is 0 Å². The van der Waals surface area contributed by atoms with Gasteiger partial charge in [0.1, 0.15) is 22.7 Å². The summed E-state index contributed by atoms with van der Waals surface area (Å²) in [5.41, 5.74) is 2.06. The standard InChI is InChI=1S/C16H11BrFNO3S/c1-21-16(20)14-10-6-11(17)12(19-23)7-13(10)22-15(14)8-2-4-9(18)5-3-8/h2-7,19,23H,1H3. The Labute approximate surface area is 145 Å². The van der Waals surface area contributed by atoms with Crippen molar-refractivity contribution in [2.75, 3.05) is 11.8 Å². The van der Waals surface area contributed by atoms with Crippen molar-refractivity contribution < 1.29 is 18.3 Å². The van der Waals surface area contributed by atoms with Crippen LogP contribution in [0.4, 0.5) is 10.1 Å². The lowest BCUT2D eigenvalue weighted by molar-refractivity contribution is 0.0603. The van der Waals surface area contributed by atoms with Crippen LogP contribution < -0.4 is 4.72 Å². The zero-order valence-electron chi connectivity index (χ0n) is 11.9. The summed E-state index contributed by atoms with van der Waals surface area (Å²) >= 11 is 7.43. The lowest BCUT2D eigenvalue weighted by Crippen LogP contribution is -2.02. The third-order valence-electron chi connectivity index (χ3n) is 3.39. The molecule has 0 bridgehead atoms. The van der Waals surface area contributed by atoms with Gasteiger partial charge in [0.2, 0.25) is 0 Å². The molecule has 118 valence electrons. The zero-order chi connectivity index (χ0) is 16.6. The molecular weight excluding hydrogens is 385 g/mol. The summed E-state index contributed by atoms with van der Waals surface area (Å²) in [6, 6.07) is 9.17. The number of halogens is 2. The van der Waals surface area contributed by atoms with Crippen LogP contribution >= 0.6 is 28.7 Å². The van der Waals surface area contributed by atoms with Crippen molar-refractivity contribution in [1.82, 2.24) is 0 Å². The SMILES string of the molecule is COC(=O)c1c(-c2ccc(F)cc2)oc2cc(NS)c(Br)cc12. The molecule has 0 aliphatic heterocycles. The minimum atomic E-state index is -0.526. The van der Waals surface area contributed by atoms with Gasteiger partial charge >= 0.3 is 5.97 Å². The second-order valence-electron chi connectivity index (χ2n) is 4.74. The van der Waals surface area contributed by atoms with Crippen molar-refractivity contribution in [3.8, 4) is 11.3 Å². The van der Waals surface area contributed by atoms with Crippen molar-refractivity contribution in [3.05, 3.63) is 52.3 Å². The van der Waals surface area contributed by atoms with E-state index in [1.54, 1.807) is 24.3 Å².